The van der Waals surface area contributed by atoms with Crippen LogP contribution < -0.4 is 4.90 Å². The maximum absolute atomic E-state index is 13.5. The Hall–Kier alpha value is -1.46. The van der Waals surface area contributed by atoms with Gasteiger partial charge < -0.3 is 14.5 Å². The van der Waals surface area contributed by atoms with Crippen molar-refractivity contribution in [1.82, 2.24) is 4.90 Å². The molecule has 166 valence electrons. The molecular formula is C24H41FN2O2. The van der Waals surface area contributed by atoms with Gasteiger partial charge in [-0.05, 0) is 38.4 Å². The van der Waals surface area contributed by atoms with Crippen molar-refractivity contribution in [3.63, 3.8) is 0 Å². The molecule has 1 aromatic rings. The summed E-state index contributed by atoms with van der Waals surface area (Å²) in [5.74, 6) is 1.01. The van der Waals surface area contributed by atoms with Gasteiger partial charge >= 0.3 is 0 Å². The Morgan fingerprint density at radius 3 is 2.10 bits per heavy atom. The van der Waals surface area contributed by atoms with Gasteiger partial charge in [0.15, 0.2) is 5.78 Å². The van der Waals surface area contributed by atoms with Gasteiger partial charge in [-0.25, -0.2) is 4.39 Å². The van der Waals surface area contributed by atoms with Crippen LogP contribution in [0.25, 0.3) is 0 Å². The molecule has 0 spiro atoms. The fourth-order valence-corrected chi connectivity index (χ4v) is 3.57. The molecule has 0 aromatic heterocycles. The number of anilines is 1. The van der Waals surface area contributed by atoms with Crippen LogP contribution >= 0.6 is 0 Å². The molecule has 1 aliphatic carbocycles. The summed E-state index contributed by atoms with van der Waals surface area (Å²) in [6.45, 7) is 13.8. The summed E-state index contributed by atoms with van der Waals surface area (Å²) in [5, 5.41) is 0. The number of piperazine rings is 1. The molecular weight excluding hydrogens is 367 g/mol. The van der Waals surface area contributed by atoms with E-state index in [4.69, 9.17) is 4.74 Å². The number of para-hydroxylation sites is 1. The van der Waals surface area contributed by atoms with Crippen molar-refractivity contribution in [1.29, 1.82) is 0 Å². The van der Waals surface area contributed by atoms with Crippen molar-refractivity contribution in [2.45, 2.75) is 59.8 Å². The third-order valence-corrected chi connectivity index (χ3v) is 5.42. The quantitative estimate of drug-likeness (QED) is 0.673. The standard InChI is InChI=1S/C12H17FN2.C7H14.C5H10O2/c1-2-14-7-9-15(10-8-14)12-6-4-3-5-11(12)13;1-7-5-3-2-4-6-7;1-3-7-4-5(2)6/h3-6H,2,7-10H2,1H3;7H,2-6H2,1H3;3-4H2,1-2H3. The van der Waals surface area contributed by atoms with Crippen LogP contribution in [0.5, 0.6) is 0 Å². The zero-order valence-electron chi connectivity index (χ0n) is 19.0. The first-order chi connectivity index (χ1) is 14.0. The number of hydrogen-bond acceptors (Lipinski definition) is 4. The highest BCUT2D eigenvalue weighted by Crippen LogP contribution is 2.22. The predicted octanol–water partition coefficient (Wildman–Crippen LogP) is 5.17. The van der Waals surface area contributed by atoms with Crippen molar-refractivity contribution >= 4 is 11.5 Å². The normalized spacial score (nSPS) is 17.6. The Bertz CT molecular complexity index is 554. The number of ether oxygens (including phenoxy) is 1. The molecule has 29 heavy (non-hydrogen) atoms. The van der Waals surface area contributed by atoms with E-state index in [2.05, 4.69) is 23.6 Å². The van der Waals surface area contributed by atoms with Gasteiger partial charge in [0.1, 0.15) is 12.4 Å². The molecule has 5 heteroatoms. The molecule has 1 saturated carbocycles. The lowest BCUT2D eigenvalue weighted by Gasteiger charge is -2.35. The maximum Gasteiger partial charge on any atom is 0.155 e. The van der Waals surface area contributed by atoms with Crippen LogP contribution in [0.3, 0.4) is 0 Å². The van der Waals surface area contributed by atoms with E-state index in [-0.39, 0.29) is 18.2 Å². The van der Waals surface area contributed by atoms with Gasteiger partial charge in [-0.15, -0.1) is 0 Å². The zero-order valence-corrected chi connectivity index (χ0v) is 19.0. The lowest BCUT2D eigenvalue weighted by molar-refractivity contribution is -0.121. The van der Waals surface area contributed by atoms with E-state index >= 15 is 0 Å². The number of rotatable bonds is 5. The Labute approximate surface area is 177 Å². The minimum Gasteiger partial charge on any atom is -0.374 e. The van der Waals surface area contributed by atoms with Gasteiger partial charge in [0.25, 0.3) is 0 Å². The summed E-state index contributed by atoms with van der Waals surface area (Å²) >= 11 is 0. The lowest BCUT2D eigenvalue weighted by Crippen LogP contribution is -2.46. The monoisotopic (exact) mass is 408 g/mol. The van der Waals surface area contributed by atoms with Crippen LogP contribution in [0, 0.1) is 11.7 Å². The van der Waals surface area contributed by atoms with Crippen molar-refractivity contribution in [3.8, 4) is 0 Å². The second-order valence-corrected chi connectivity index (χ2v) is 7.96. The Kier molecular flexibility index (Phi) is 13.6. The van der Waals surface area contributed by atoms with E-state index in [1.807, 2.05) is 19.1 Å². The average Bonchev–Trinajstić information content (AvgIpc) is 2.74. The summed E-state index contributed by atoms with van der Waals surface area (Å²) < 4.78 is 18.2. The first-order valence-electron chi connectivity index (χ1n) is 11.3. The van der Waals surface area contributed by atoms with Gasteiger partial charge in [-0.2, -0.15) is 0 Å². The molecule has 1 heterocycles. The molecule has 0 bridgehead atoms. The third kappa shape index (κ3) is 11.3. The largest absolute Gasteiger partial charge is 0.374 e. The number of hydrogen-bond donors (Lipinski definition) is 0. The molecule has 1 saturated heterocycles. The van der Waals surface area contributed by atoms with Crippen molar-refractivity contribution in [2.75, 3.05) is 50.8 Å². The molecule has 0 unspecified atom stereocenters. The number of carbonyl (C=O) groups is 1. The first-order valence-corrected chi connectivity index (χ1v) is 11.3. The highest BCUT2D eigenvalue weighted by Gasteiger charge is 2.17. The van der Waals surface area contributed by atoms with E-state index < -0.39 is 0 Å². The molecule has 0 N–H and O–H groups in total. The fourth-order valence-electron chi connectivity index (χ4n) is 3.57. The average molecular weight is 409 g/mol. The fraction of sp³-hybridized carbons (Fsp3) is 0.708. The van der Waals surface area contributed by atoms with Gasteiger partial charge in [0, 0.05) is 32.8 Å². The predicted molar refractivity (Wildman–Crippen MR) is 120 cm³/mol. The smallest absolute Gasteiger partial charge is 0.155 e. The highest BCUT2D eigenvalue weighted by molar-refractivity contribution is 5.76. The van der Waals surface area contributed by atoms with Crippen LogP contribution in [0.4, 0.5) is 10.1 Å². The number of nitrogens with zero attached hydrogens (tertiary/aromatic N) is 2. The summed E-state index contributed by atoms with van der Waals surface area (Å²) in [6.07, 6.45) is 7.44. The van der Waals surface area contributed by atoms with Crippen LogP contribution in [0.1, 0.15) is 59.8 Å². The Morgan fingerprint density at radius 2 is 1.69 bits per heavy atom. The van der Waals surface area contributed by atoms with Gasteiger partial charge in [-0.1, -0.05) is 58.1 Å². The summed E-state index contributed by atoms with van der Waals surface area (Å²) in [7, 11) is 0. The van der Waals surface area contributed by atoms with E-state index in [0.717, 1.165) is 44.3 Å². The van der Waals surface area contributed by atoms with Crippen LogP contribution in [0.15, 0.2) is 24.3 Å². The molecule has 3 rings (SSSR count). The summed E-state index contributed by atoms with van der Waals surface area (Å²) in [6, 6.07) is 7.02. The van der Waals surface area contributed by atoms with Gasteiger partial charge in [-0.3, -0.25) is 4.79 Å². The number of benzene rings is 1. The topological polar surface area (TPSA) is 32.8 Å². The van der Waals surface area contributed by atoms with Crippen LogP contribution in [0.2, 0.25) is 0 Å². The lowest BCUT2D eigenvalue weighted by atomic mass is 9.91. The number of halogens is 1. The third-order valence-electron chi connectivity index (χ3n) is 5.42. The van der Waals surface area contributed by atoms with E-state index in [0.29, 0.717) is 6.61 Å². The Morgan fingerprint density at radius 1 is 1.07 bits per heavy atom. The zero-order chi connectivity index (χ0) is 21.5. The maximum atomic E-state index is 13.5. The molecule has 0 amide bonds. The summed E-state index contributed by atoms with van der Waals surface area (Å²) in [5.41, 5.74) is 0.744. The SMILES string of the molecule is CC1CCCCC1.CCN1CCN(c2ccccc2F)CC1.CCOCC(C)=O. The van der Waals surface area contributed by atoms with Crippen molar-refractivity contribution in [3.05, 3.63) is 30.1 Å². The number of Topliss-reactive ketones (excluding diaryl/α,β-unsaturated/α-hetero) is 1. The second kappa shape index (κ2) is 15.4. The second-order valence-electron chi connectivity index (χ2n) is 7.96. The molecule has 0 radical (unpaired) electrons. The highest BCUT2D eigenvalue weighted by atomic mass is 19.1. The minimum atomic E-state index is -0.109. The van der Waals surface area contributed by atoms with E-state index in [1.54, 1.807) is 6.07 Å². The van der Waals surface area contributed by atoms with Crippen molar-refractivity contribution in [2.24, 2.45) is 5.92 Å². The van der Waals surface area contributed by atoms with Crippen molar-refractivity contribution < 1.29 is 13.9 Å². The molecule has 2 aliphatic rings. The first kappa shape index (κ1) is 25.6. The van der Waals surface area contributed by atoms with Gasteiger partial charge in [0.05, 0.1) is 5.69 Å². The minimum absolute atomic E-state index is 0.0850. The van der Waals surface area contributed by atoms with Gasteiger partial charge in [0.2, 0.25) is 0 Å². The Balaban J connectivity index is 0.000000251. The summed E-state index contributed by atoms with van der Waals surface area (Å²) in [4.78, 5) is 14.6. The number of ketones is 1. The number of likely N-dealkylation sites (N-methyl/N-ethyl adjacent to an activating group) is 1. The molecule has 2 fully saturated rings. The van der Waals surface area contributed by atoms with E-state index in [9.17, 15) is 9.18 Å². The number of carbonyl (C=O) groups excluding carboxylic acids is 1. The molecule has 4 nitrogen and oxygen atoms in total. The van der Waals surface area contributed by atoms with E-state index in [1.165, 1.54) is 45.1 Å². The molecule has 0 atom stereocenters. The van der Waals surface area contributed by atoms with Crippen LogP contribution in [-0.4, -0.2) is 56.6 Å². The molecule has 1 aliphatic heterocycles. The molecule has 1 aromatic carbocycles. The van der Waals surface area contributed by atoms with Crippen LogP contribution in [-0.2, 0) is 9.53 Å².